The fourth-order valence-electron chi connectivity index (χ4n) is 0.965. The van der Waals surface area contributed by atoms with Gasteiger partial charge in [-0.1, -0.05) is 32.0 Å². The summed E-state index contributed by atoms with van der Waals surface area (Å²) in [6.07, 6.45) is 1.04. The lowest BCUT2D eigenvalue weighted by Gasteiger charge is -2.08. The quantitative estimate of drug-likeness (QED) is 0.731. The number of hydrogen-bond acceptors (Lipinski definition) is 5. The molecule has 0 spiro atoms. The van der Waals surface area contributed by atoms with E-state index in [1.54, 1.807) is 4.68 Å². The SMILES string of the molecule is CCC(C)Cn1nnnc1SCC(=O)O. The van der Waals surface area contributed by atoms with E-state index in [0.717, 1.165) is 24.7 Å². The first-order chi connectivity index (χ1) is 7.13. The molecule has 0 bridgehead atoms. The maximum absolute atomic E-state index is 10.4. The van der Waals surface area contributed by atoms with Crippen LogP contribution in [0, 0.1) is 5.92 Å². The molecule has 0 amide bonds. The van der Waals surface area contributed by atoms with Crippen LogP contribution >= 0.6 is 11.8 Å². The Morgan fingerprint density at radius 1 is 1.67 bits per heavy atom. The summed E-state index contributed by atoms with van der Waals surface area (Å²) >= 11 is 1.14. The van der Waals surface area contributed by atoms with E-state index >= 15 is 0 Å². The number of hydrogen-bond donors (Lipinski definition) is 1. The molecule has 0 saturated heterocycles. The molecule has 0 aliphatic carbocycles. The first kappa shape index (κ1) is 12.0. The summed E-state index contributed by atoms with van der Waals surface area (Å²) in [6.45, 7) is 4.93. The van der Waals surface area contributed by atoms with Gasteiger partial charge >= 0.3 is 5.97 Å². The summed E-state index contributed by atoms with van der Waals surface area (Å²) < 4.78 is 1.65. The minimum Gasteiger partial charge on any atom is -0.481 e. The van der Waals surface area contributed by atoms with Crippen molar-refractivity contribution < 1.29 is 9.90 Å². The van der Waals surface area contributed by atoms with Crippen molar-refractivity contribution >= 4 is 17.7 Å². The number of rotatable bonds is 6. The first-order valence-corrected chi connectivity index (χ1v) is 5.72. The maximum atomic E-state index is 10.4. The molecule has 1 heterocycles. The molecule has 0 radical (unpaired) electrons. The maximum Gasteiger partial charge on any atom is 0.313 e. The summed E-state index contributed by atoms with van der Waals surface area (Å²) in [5, 5.41) is 20.2. The highest BCUT2D eigenvalue weighted by Crippen LogP contribution is 2.15. The van der Waals surface area contributed by atoms with Gasteiger partial charge in [0.15, 0.2) is 0 Å². The van der Waals surface area contributed by atoms with Crippen molar-refractivity contribution in [3.05, 3.63) is 0 Å². The molecule has 0 aliphatic heterocycles. The average Bonchev–Trinajstić information content (AvgIpc) is 2.62. The molecule has 84 valence electrons. The highest BCUT2D eigenvalue weighted by molar-refractivity contribution is 7.99. The average molecular weight is 230 g/mol. The van der Waals surface area contributed by atoms with Gasteiger partial charge in [0.25, 0.3) is 0 Å². The number of carbonyl (C=O) groups is 1. The van der Waals surface area contributed by atoms with Crippen molar-refractivity contribution in [3.8, 4) is 0 Å². The normalized spacial score (nSPS) is 12.7. The molecule has 0 saturated carbocycles. The predicted octanol–water partition coefficient (Wildman–Crippen LogP) is 0.896. The second-order valence-electron chi connectivity index (χ2n) is 3.34. The third-order valence-corrected chi connectivity index (χ3v) is 2.95. The summed E-state index contributed by atoms with van der Waals surface area (Å²) in [6, 6.07) is 0. The molecule has 1 unspecified atom stereocenters. The van der Waals surface area contributed by atoms with Crippen LogP contribution < -0.4 is 0 Å². The van der Waals surface area contributed by atoms with Gasteiger partial charge in [-0.3, -0.25) is 4.79 Å². The van der Waals surface area contributed by atoms with Gasteiger partial charge in [0, 0.05) is 6.54 Å². The van der Waals surface area contributed by atoms with Crippen LogP contribution in [0.25, 0.3) is 0 Å². The summed E-state index contributed by atoms with van der Waals surface area (Å²) in [4.78, 5) is 10.4. The fraction of sp³-hybridized carbons (Fsp3) is 0.750. The Bertz CT molecular complexity index is 328. The van der Waals surface area contributed by atoms with E-state index in [1.807, 2.05) is 0 Å². The van der Waals surface area contributed by atoms with Gasteiger partial charge in [-0.15, -0.1) is 5.10 Å². The third kappa shape index (κ3) is 3.86. The molecule has 0 fully saturated rings. The van der Waals surface area contributed by atoms with Crippen LogP contribution in [0.4, 0.5) is 0 Å². The number of aliphatic carboxylic acids is 1. The molecule has 1 aromatic heterocycles. The summed E-state index contributed by atoms with van der Waals surface area (Å²) in [5.74, 6) is -0.392. The van der Waals surface area contributed by atoms with Crippen molar-refractivity contribution in [3.63, 3.8) is 0 Å². The Morgan fingerprint density at radius 2 is 2.40 bits per heavy atom. The minimum absolute atomic E-state index is 0.0130. The number of nitrogens with zero attached hydrogens (tertiary/aromatic N) is 4. The molecular weight excluding hydrogens is 216 g/mol. The van der Waals surface area contributed by atoms with E-state index in [-0.39, 0.29) is 5.75 Å². The Balaban J connectivity index is 2.56. The van der Waals surface area contributed by atoms with Crippen molar-refractivity contribution in [1.29, 1.82) is 0 Å². The molecule has 7 heteroatoms. The predicted molar refractivity (Wildman–Crippen MR) is 55.6 cm³/mol. The monoisotopic (exact) mass is 230 g/mol. The Morgan fingerprint density at radius 3 is 3.00 bits per heavy atom. The van der Waals surface area contributed by atoms with E-state index in [9.17, 15) is 4.79 Å². The van der Waals surface area contributed by atoms with Gasteiger partial charge in [-0.05, 0) is 16.3 Å². The van der Waals surface area contributed by atoms with E-state index in [2.05, 4.69) is 29.4 Å². The number of thioether (sulfide) groups is 1. The Kier molecular flexibility index (Phi) is 4.54. The van der Waals surface area contributed by atoms with Crippen LogP contribution in [-0.2, 0) is 11.3 Å². The van der Waals surface area contributed by atoms with Gasteiger partial charge in [0.1, 0.15) is 0 Å². The van der Waals surface area contributed by atoms with Crippen molar-refractivity contribution in [2.45, 2.75) is 32.0 Å². The Labute approximate surface area is 92.0 Å². The number of carboxylic acid groups (broad SMARTS) is 1. The number of aromatic nitrogens is 4. The number of tetrazole rings is 1. The van der Waals surface area contributed by atoms with E-state index in [4.69, 9.17) is 5.11 Å². The van der Waals surface area contributed by atoms with Crippen molar-refractivity contribution in [1.82, 2.24) is 20.2 Å². The third-order valence-electron chi connectivity index (χ3n) is 2.01. The molecule has 0 aliphatic rings. The van der Waals surface area contributed by atoms with Gasteiger partial charge < -0.3 is 5.11 Å². The zero-order valence-corrected chi connectivity index (χ0v) is 9.57. The van der Waals surface area contributed by atoms with Gasteiger partial charge in [0.05, 0.1) is 5.75 Å². The molecule has 1 rings (SSSR count). The Hall–Kier alpha value is -1.11. The lowest BCUT2D eigenvalue weighted by atomic mass is 10.1. The topological polar surface area (TPSA) is 80.9 Å². The second kappa shape index (κ2) is 5.69. The molecule has 1 atom stereocenters. The van der Waals surface area contributed by atoms with Crippen LogP contribution in [0.3, 0.4) is 0 Å². The number of carboxylic acids is 1. The van der Waals surface area contributed by atoms with E-state index in [1.165, 1.54) is 0 Å². The second-order valence-corrected chi connectivity index (χ2v) is 4.28. The van der Waals surface area contributed by atoms with Gasteiger partial charge in [-0.2, -0.15) is 0 Å². The van der Waals surface area contributed by atoms with Crippen LogP contribution in [0.15, 0.2) is 5.16 Å². The summed E-state index contributed by atoms with van der Waals surface area (Å²) in [5.41, 5.74) is 0. The van der Waals surface area contributed by atoms with Crippen molar-refractivity contribution in [2.24, 2.45) is 5.92 Å². The van der Waals surface area contributed by atoms with Gasteiger partial charge in [0.2, 0.25) is 5.16 Å². The van der Waals surface area contributed by atoms with Crippen LogP contribution in [-0.4, -0.2) is 37.0 Å². The molecule has 6 nitrogen and oxygen atoms in total. The van der Waals surface area contributed by atoms with Crippen LogP contribution in [0.5, 0.6) is 0 Å². The zero-order valence-electron chi connectivity index (χ0n) is 8.75. The smallest absolute Gasteiger partial charge is 0.313 e. The lowest BCUT2D eigenvalue weighted by molar-refractivity contribution is -0.133. The molecule has 1 N–H and O–H groups in total. The molecule has 0 aromatic carbocycles. The highest BCUT2D eigenvalue weighted by atomic mass is 32.2. The highest BCUT2D eigenvalue weighted by Gasteiger charge is 2.10. The zero-order chi connectivity index (χ0) is 11.3. The molecule has 1 aromatic rings. The van der Waals surface area contributed by atoms with Gasteiger partial charge in [-0.25, -0.2) is 4.68 Å². The largest absolute Gasteiger partial charge is 0.481 e. The summed E-state index contributed by atoms with van der Waals surface area (Å²) in [7, 11) is 0. The molecular formula is C8H14N4O2S. The van der Waals surface area contributed by atoms with Crippen LogP contribution in [0.2, 0.25) is 0 Å². The lowest BCUT2D eigenvalue weighted by Crippen LogP contribution is -2.10. The first-order valence-electron chi connectivity index (χ1n) is 4.74. The van der Waals surface area contributed by atoms with Crippen molar-refractivity contribution in [2.75, 3.05) is 5.75 Å². The fourth-order valence-corrected chi connectivity index (χ4v) is 1.57. The van der Waals surface area contributed by atoms with E-state index in [0.29, 0.717) is 11.1 Å². The molecule has 15 heavy (non-hydrogen) atoms. The van der Waals surface area contributed by atoms with E-state index < -0.39 is 5.97 Å². The standard InChI is InChI=1S/C8H14N4O2S/c1-3-6(2)4-12-8(9-10-11-12)15-5-7(13)14/h6H,3-5H2,1-2H3,(H,13,14). The minimum atomic E-state index is -0.863. The van der Waals surface area contributed by atoms with Crippen LogP contribution in [0.1, 0.15) is 20.3 Å².